The van der Waals surface area contributed by atoms with E-state index in [1.54, 1.807) is 26.4 Å². The number of ether oxygens (including phenoxy) is 4. The molecule has 0 saturated carbocycles. The summed E-state index contributed by atoms with van der Waals surface area (Å²) in [5.41, 5.74) is 5.56. The summed E-state index contributed by atoms with van der Waals surface area (Å²) in [7, 11) is 3.33. The average molecular weight is 683 g/mol. The van der Waals surface area contributed by atoms with Crippen LogP contribution in [0.1, 0.15) is 32.9 Å². The van der Waals surface area contributed by atoms with E-state index >= 15 is 0 Å². The Morgan fingerprint density at radius 1 is 0.837 bits per heavy atom. The van der Waals surface area contributed by atoms with Gasteiger partial charge in [0.15, 0.2) is 0 Å². The summed E-state index contributed by atoms with van der Waals surface area (Å²) in [5.74, 6) is 1.87. The lowest BCUT2D eigenvalue weighted by molar-refractivity contribution is 0.0587. The van der Waals surface area contributed by atoms with Gasteiger partial charge >= 0.3 is 5.97 Å². The molecule has 0 aliphatic heterocycles. The highest BCUT2D eigenvalue weighted by Gasteiger charge is 2.21. The normalized spacial score (nSPS) is 11.5. The summed E-state index contributed by atoms with van der Waals surface area (Å²) in [4.78, 5) is 33.2. The number of hydrogen-bond donors (Lipinski definition) is 0. The van der Waals surface area contributed by atoms with Crippen molar-refractivity contribution < 1.29 is 23.7 Å². The van der Waals surface area contributed by atoms with Crippen molar-refractivity contribution in [1.82, 2.24) is 14.1 Å². The van der Waals surface area contributed by atoms with Gasteiger partial charge in [0, 0.05) is 39.5 Å². The third-order valence-corrected chi connectivity index (χ3v) is 10.2. The zero-order valence-electron chi connectivity index (χ0n) is 29.5. The van der Waals surface area contributed by atoms with Crippen LogP contribution in [0.15, 0.2) is 83.7 Å². The summed E-state index contributed by atoms with van der Waals surface area (Å²) >= 11 is 0. The molecule has 3 aromatic heterocycles. The van der Waals surface area contributed by atoms with Crippen molar-refractivity contribution >= 4 is 30.9 Å². The van der Waals surface area contributed by atoms with Gasteiger partial charge in [-0.05, 0) is 72.1 Å². The minimum atomic E-state index is -1.31. The number of hydrogen-bond acceptors (Lipinski definition) is 8. The topological polar surface area (TPSA) is 97.1 Å². The lowest BCUT2D eigenvalue weighted by Gasteiger charge is -2.26. The van der Waals surface area contributed by atoms with E-state index in [1.807, 2.05) is 30.3 Å². The Morgan fingerprint density at radius 3 is 2.00 bits per heavy atom. The van der Waals surface area contributed by atoms with E-state index in [0.717, 1.165) is 56.8 Å². The predicted octanol–water partition coefficient (Wildman–Crippen LogP) is 6.88. The number of esters is 1. The number of aryl methyl sites for hydroxylation is 1. The lowest BCUT2D eigenvalue weighted by Crippen LogP contribution is -2.27. The van der Waals surface area contributed by atoms with Crippen LogP contribution in [0.2, 0.25) is 25.7 Å². The highest BCUT2D eigenvalue weighted by atomic mass is 28.3. The quantitative estimate of drug-likeness (QED) is 0.0670. The fraction of sp³-hybridized carbons (Fsp3) is 0.342. The van der Waals surface area contributed by atoms with E-state index in [1.165, 1.54) is 17.7 Å². The predicted molar refractivity (Wildman–Crippen MR) is 196 cm³/mol. The number of nitrogens with zero attached hydrogens (tertiary/aromatic N) is 4. The molecule has 0 radical (unpaired) electrons. The van der Waals surface area contributed by atoms with Gasteiger partial charge < -0.3 is 28.4 Å². The van der Waals surface area contributed by atoms with E-state index in [9.17, 15) is 9.59 Å². The first-order chi connectivity index (χ1) is 23.5. The molecule has 258 valence electrons. The average Bonchev–Trinajstić information content (AvgIpc) is 3.42. The molecule has 11 heteroatoms. The smallest absolute Gasteiger partial charge is 0.354 e. The first kappa shape index (κ1) is 35.4. The fourth-order valence-electron chi connectivity index (χ4n) is 5.69. The van der Waals surface area contributed by atoms with E-state index in [0.29, 0.717) is 26.4 Å². The van der Waals surface area contributed by atoms with Crippen molar-refractivity contribution in [3.63, 3.8) is 0 Å². The SMILES string of the molecule is COC(=O)c1cccc(=O)n1Cc1cc2nc(N(Cc3ccc(OC)cc3)Cc3ccc(OC)cc3)c(C)cc2n1COCC[Si](C)(C)C. The van der Waals surface area contributed by atoms with Crippen LogP contribution in [0.5, 0.6) is 11.5 Å². The van der Waals surface area contributed by atoms with Crippen LogP contribution in [0.4, 0.5) is 5.82 Å². The molecular formula is C38H46N4O6Si. The number of fused-ring (bicyclic) bond motifs is 1. The molecule has 10 nitrogen and oxygen atoms in total. The maximum Gasteiger partial charge on any atom is 0.354 e. The summed E-state index contributed by atoms with van der Waals surface area (Å²) < 4.78 is 25.5. The summed E-state index contributed by atoms with van der Waals surface area (Å²) in [5, 5.41) is 0. The zero-order chi connectivity index (χ0) is 35.1. The van der Waals surface area contributed by atoms with Crippen LogP contribution < -0.4 is 19.9 Å². The van der Waals surface area contributed by atoms with Crippen molar-refractivity contribution in [1.29, 1.82) is 0 Å². The van der Waals surface area contributed by atoms with Crippen LogP contribution in [-0.2, 0) is 35.8 Å². The second-order valence-electron chi connectivity index (χ2n) is 13.3. The summed E-state index contributed by atoms with van der Waals surface area (Å²) in [6.07, 6.45) is 0. The molecule has 49 heavy (non-hydrogen) atoms. The van der Waals surface area contributed by atoms with Gasteiger partial charge in [0.1, 0.15) is 29.7 Å². The van der Waals surface area contributed by atoms with E-state index in [-0.39, 0.29) is 17.8 Å². The summed E-state index contributed by atoms with van der Waals surface area (Å²) in [6, 6.07) is 25.9. The molecule has 0 atom stereocenters. The number of methoxy groups -OCH3 is 3. The highest BCUT2D eigenvalue weighted by Crippen LogP contribution is 2.30. The Morgan fingerprint density at radius 2 is 1.45 bits per heavy atom. The van der Waals surface area contributed by atoms with Crippen molar-refractivity contribution in [2.24, 2.45) is 0 Å². The number of carbonyl (C=O) groups excluding carboxylic acids is 1. The van der Waals surface area contributed by atoms with Crippen molar-refractivity contribution in [3.8, 4) is 11.5 Å². The van der Waals surface area contributed by atoms with Gasteiger partial charge in [-0.3, -0.25) is 9.36 Å². The Labute approximate surface area is 288 Å². The minimum Gasteiger partial charge on any atom is -0.497 e. The van der Waals surface area contributed by atoms with Gasteiger partial charge in [-0.25, -0.2) is 9.78 Å². The number of benzene rings is 2. The largest absolute Gasteiger partial charge is 0.497 e. The van der Waals surface area contributed by atoms with Crippen LogP contribution >= 0.6 is 0 Å². The van der Waals surface area contributed by atoms with E-state index < -0.39 is 14.0 Å². The summed E-state index contributed by atoms with van der Waals surface area (Å²) in [6.45, 7) is 11.3. The van der Waals surface area contributed by atoms with Crippen LogP contribution in [-0.4, -0.2) is 56.1 Å². The molecule has 3 heterocycles. The fourth-order valence-corrected chi connectivity index (χ4v) is 6.45. The Bertz CT molecular complexity index is 1900. The second kappa shape index (κ2) is 15.6. The molecule has 0 N–H and O–H groups in total. The lowest BCUT2D eigenvalue weighted by atomic mass is 10.1. The highest BCUT2D eigenvalue weighted by molar-refractivity contribution is 6.76. The number of anilines is 1. The van der Waals surface area contributed by atoms with Gasteiger partial charge in [-0.2, -0.15) is 0 Å². The van der Waals surface area contributed by atoms with E-state index in [2.05, 4.69) is 66.4 Å². The Kier molecular flexibility index (Phi) is 11.3. The molecule has 0 spiro atoms. The third-order valence-electron chi connectivity index (χ3n) is 8.48. The van der Waals surface area contributed by atoms with Crippen molar-refractivity contribution in [2.45, 2.75) is 59.0 Å². The molecule has 0 aliphatic rings. The molecular weight excluding hydrogens is 637 g/mol. The van der Waals surface area contributed by atoms with Gasteiger partial charge in [0.25, 0.3) is 5.56 Å². The first-order valence-electron chi connectivity index (χ1n) is 16.4. The van der Waals surface area contributed by atoms with Crippen LogP contribution in [0.3, 0.4) is 0 Å². The van der Waals surface area contributed by atoms with Gasteiger partial charge in [0.05, 0.1) is 38.9 Å². The van der Waals surface area contributed by atoms with Crippen LogP contribution in [0, 0.1) is 6.92 Å². The molecule has 0 bridgehead atoms. The molecule has 0 amide bonds. The third kappa shape index (κ3) is 8.78. The van der Waals surface area contributed by atoms with Gasteiger partial charge in [-0.1, -0.05) is 50.0 Å². The molecule has 0 fully saturated rings. The first-order valence-corrected chi connectivity index (χ1v) is 20.1. The number of carbonyl (C=O) groups is 1. The Balaban J connectivity index is 1.58. The zero-order valence-corrected chi connectivity index (χ0v) is 30.5. The maximum atomic E-state index is 13.1. The number of rotatable bonds is 15. The van der Waals surface area contributed by atoms with Crippen LogP contribution in [0.25, 0.3) is 11.0 Å². The maximum absolute atomic E-state index is 13.1. The Hall–Kier alpha value is -4.87. The molecule has 0 aliphatic carbocycles. The molecule has 5 aromatic rings. The second-order valence-corrected chi connectivity index (χ2v) is 18.9. The standard InChI is InChI=1S/C38H46N4O6Si/c1-27-21-35-33(39-37(27)40(23-28-11-15-31(45-2)16-12-28)24-29-13-17-32(46-3)18-14-29)22-30(42(35)26-48-19-20-49(5,6)7)25-41-34(38(44)47-4)9-8-10-36(41)43/h8-18,21-22H,19-20,23-26H2,1-7H3. The van der Waals surface area contributed by atoms with Crippen molar-refractivity contribution in [3.05, 3.63) is 117 Å². The van der Waals surface area contributed by atoms with Gasteiger partial charge in [0.2, 0.25) is 0 Å². The number of pyridine rings is 2. The number of aromatic nitrogens is 3. The van der Waals surface area contributed by atoms with Gasteiger partial charge in [-0.15, -0.1) is 0 Å². The molecule has 2 aromatic carbocycles. The molecule has 5 rings (SSSR count). The molecule has 0 saturated heterocycles. The monoisotopic (exact) mass is 682 g/mol. The van der Waals surface area contributed by atoms with Crippen molar-refractivity contribution in [2.75, 3.05) is 32.8 Å². The van der Waals surface area contributed by atoms with E-state index in [4.69, 9.17) is 23.9 Å². The molecule has 0 unspecified atom stereocenters. The minimum absolute atomic E-state index is 0.146.